The maximum atomic E-state index is 13.1. The first kappa shape index (κ1) is 42.1. The van der Waals surface area contributed by atoms with Crippen LogP contribution in [0, 0.1) is 23.7 Å². The van der Waals surface area contributed by atoms with Gasteiger partial charge >= 0.3 is 0 Å². The van der Waals surface area contributed by atoms with E-state index in [1.165, 1.54) is 0 Å². The van der Waals surface area contributed by atoms with Crippen molar-refractivity contribution in [2.24, 2.45) is 29.4 Å². The van der Waals surface area contributed by atoms with Crippen molar-refractivity contribution in [2.75, 3.05) is 66.3 Å². The van der Waals surface area contributed by atoms with Crippen molar-refractivity contribution >= 4 is 36.6 Å². The number of hydrogen-bond donors (Lipinski definition) is 4. The molecule has 0 saturated carbocycles. The van der Waals surface area contributed by atoms with Gasteiger partial charge in [-0.2, -0.15) is 0 Å². The van der Waals surface area contributed by atoms with Gasteiger partial charge in [0.2, 0.25) is 5.91 Å². The number of nitrogens with two attached hydrogens (primary N) is 1. The Bertz CT molecular complexity index is 962. The molecular formula is C32H56Cl2N4O6. The number of aliphatic hydroxyl groups is 1. The molecule has 1 heterocycles. The van der Waals surface area contributed by atoms with E-state index in [4.69, 9.17) is 19.9 Å². The number of halogens is 2. The Morgan fingerprint density at radius 3 is 2.32 bits per heavy atom. The summed E-state index contributed by atoms with van der Waals surface area (Å²) in [4.78, 5) is 28.3. The van der Waals surface area contributed by atoms with Gasteiger partial charge in [0.1, 0.15) is 12.4 Å². The third-order valence-corrected chi connectivity index (χ3v) is 7.90. The largest absolute Gasteiger partial charge is 0.489 e. The lowest BCUT2D eigenvalue weighted by Gasteiger charge is -2.30. The van der Waals surface area contributed by atoms with Gasteiger partial charge in [0, 0.05) is 51.8 Å². The van der Waals surface area contributed by atoms with Crippen LogP contribution in [-0.4, -0.2) is 100 Å². The number of ether oxygens (including phenoxy) is 3. The van der Waals surface area contributed by atoms with Crippen LogP contribution >= 0.6 is 24.8 Å². The fourth-order valence-corrected chi connectivity index (χ4v) is 4.98. The van der Waals surface area contributed by atoms with Gasteiger partial charge in [0.25, 0.3) is 5.91 Å². The topological polar surface area (TPSA) is 135 Å². The smallest absolute Gasteiger partial charge is 0.255 e. The summed E-state index contributed by atoms with van der Waals surface area (Å²) in [5.74, 6) is 0.233. The van der Waals surface area contributed by atoms with Gasteiger partial charge in [0.05, 0.1) is 31.5 Å². The van der Waals surface area contributed by atoms with Crippen LogP contribution in [0.2, 0.25) is 0 Å². The molecule has 12 heteroatoms. The highest BCUT2D eigenvalue weighted by molar-refractivity contribution is 5.96. The average molecular weight is 664 g/mol. The molecular weight excluding hydrogens is 607 g/mol. The van der Waals surface area contributed by atoms with E-state index >= 15 is 0 Å². The molecule has 10 nitrogen and oxygen atoms in total. The Balaban J connectivity index is 0.00000924. The van der Waals surface area contributed by atoms with Crippen LogP contribution in [0.1, 0.15) is 50.9 Å². The molecule has 44 heavy (non-hydrogen) atoms. The van der Waals surface area contributed by atoms with E-state index in [1.807, 2.05) is 32.1 Å². The first-order chi connectivity index (χ1) is 20.1. The maximum absolute atomic E-state index is 13.1. The molecule has 0 bridgehead atoms. The van der Waals surface area contributed by atoms with Crippen LogP contribution in [0.15, 0.2) is 36.4 Å². The average Bonchev–Trinajstić information content (AvgIpc) is 2.97. The molecule has 2 rings (SSSR count). The molecule has 1 aromatic carbocycles. The Morgan fingerprint density at radius 2 is 1.68 bits per heavy atom. The molecule has 1 aromatic rings. The highest BCUT2D eigenvalue weighted by Crippen LogP contribution is 2.24. The molecule has 0 aromatic heterocycles. The second-order valence-electron chi connectivity index (χ2n) is 11.7. The fourth-order valence-electron chi connectivity index (χ4n) is 4.98. The van der Waals surface area contributed by atoms with Gasteiger partial charge in [-0.05, 0) is 48.8 Å². The Morgan fingerprint density at radius 1 is 1.02 bits per heavy atom. The third kappa shape index (κ3) is 15.4. The highest BCUT2D eigenvalue weighted by Gasteiger charge is 2.30. The number of nitrogens with zero attached hydrogens (tertiary/aromatic N) is 1. The normalized spacial score (nSPS) is 16.5. The summed E-state index contributed by atoms with van der Waals surface area (Å²) in [5.41, 5.74) is 6.95. The first-order valence-electron chi connectivity index (χ1n) is 15.3. The van der Waals surface area contributed by atoms with E-state index in [1.54, 1.807) is 25.3 Å². The van der Waals surface area contributed by atoms with Crippen LogP contribution in [0.25, 0.3) is 0 Å². The quantitative estimate of drug-likeness (QED) is 0.166. The predicted octanol–water partition coefficient (Wildman–Crippen LogP) is 3.30. The minimum absolute atomic E-state index is 0. The fraction of sp³-hybridized carbons (Fsp3) is 0.688. The minimum atomic E-state index is -0.834. The van der Waals surface area contributed by atoms with Crippen LogP contribution in [-0.2, 0) is 14.3 Å². The molecule has 0 radical (unpaired) electrons. The predicted molar refractivity (Wildman–Crippen MR) is 180 cm³/mol. The summed E-state index contributed by atoms with van der Waals surface area (Å²) in [6.07, 6.45) is 3.68. The van der Waals surface area contributed by atoms with E-state index in [9.17, 15) is 14.7 Å². The summed E-state index contributed by atoms with van der Waals surface area (Å²) in [5, 5.41) is 17.1. The summed E-state index contributed by atoms with van der Waals surface area (Å²) < 4.78 is 16.2. The lowest BCUT2D eigenvalue weighted by Crippen LogP contribution is -2.45. The number of carbonyl (C=O) groups excluding carboxylic acids is 2. The van der Waals surface area contributed by atoms with Gasteiger partial charge in [-0.1, -0.05) is 45.9 Å². The van der Waals surface area contributed by atoms with Crippen LogP contribution in [0.5, 0.6) is 5.75 Å². The molecule has 0 unspecified atom stereocenters. The van der Waals surface area contributed by atoms with Crippen molar-refractivity contribution < 1.29 is 28.9 Å². The van der Waals surface area contributed by atoms with Crippen molar-refractivity contribution in [2.45, 2.75) is 52.7 Å². The van der Waals surface area contributed by atoms with Gasteiger partial charge < -0.3 is 35.7 Å². The van der Waals surface area contributed by atoms with E-state index in [2.05, 4.69) is 29.4 Å². The standard InChI is InChI=1S/C32H54N4O6.2ClH/c1-23(2)25(22-35-31(38)26-10-6-7-11-30(26)42-17-9-8-16-40-5)20-28(33)29(37)21-27(24(3)4)32(39)34-12-13-36-14-18-41-19-15-36;;/h6-11,23-25,27-29,37H,12-22,33H2,1-5H3,(H,34,39)(H,35,38);2*1H/t25-,27+,28+,29+;;/m1../s1. The zero-order valence-electron chi connectivity index (χ0n) is 27.0. The third-order valence-electron chi connectivity index (χ3n) is 7.90. The second kappa shape index (κ2) is 23.4. The lowest BCUT2D eigenvalue weighted by molar-refractivity contribution is -0.127. The number of methoxy groups -OCH3 is 1. The molecule has 0 spiro atoms. The Kier molecular flexibility index (Phi) is 22.4. The SMILES string of the molecule is COCC=CCOc1ccccc1C(=O)NC[C@@H](C[C@H](N)[C@@H](O)C[C@H](C(=O)NCCN1CCOCC1)C(C)C)C(C)C.Cl.Cl. The van der Waals surface area contributed by atoms with Crippen molar-refractivity contribution in [3.05, 3.63) is 42.0 Å². The summed E-state index contributed by atoms with van der Waals surface area (Å²) in [7, 11) is 1.62. The molecule has 0 aliphatic carbocycles. The Labute approximate surface area is 276 Å². The Hall–Kier alpha value is -1.92. The number of amides is 2. The number of carbonyl (C=O) groups is 2. The zero-order chi connectivity index (χ0) is 30.9. The van der Waals surface area contributed by atoms with Crippen LogP contribution < -0.4 is 21.1 Å². The number of benzene rings is 1. The number of hydrogen-bond acceptors (Lipinski definition) is 8. The number of aliphatic hydroxyl groups excluding tert-OH is 1. The van der Waals surface area contributed by atoms with E-state index in [0.29, 0.717) is 50.5 Å². The summed E-state index contributed by atoms with van der Waals surface area (Å²) >= 11 is 0. The molecule has 254 valence electrons. The number of rotatable bonds is 19. The molecule has 4 atom stereocenters. The number of morpholine rings is 1. The lowest BCUT2D eigenvalue weighted by atomic mass is 9.83. The van der Waals surface area contributed by atoms with E-state index in [-0.39, 0.29) is 60.3 Å². The van der Waals surface area contributed by atoms with Gasteiger partial charge in [-0.25, -0.2) is 0 Å². The van der Waals surface area contributed by atoms with Crippen LogP contribution in [0.3, 0.4) is 0 Å². The molecule has 1 saturated heterocycles. The van der Waals surface area contributed by atoms with E-state index in [0.717, 1.165) is 32.8 Å². The zero-order valence-corrected chi connectivity index (χ0v) is 28.7. The molecule has 2 amide bonds. The van der Waals surface area contributed by atoms with Crippen LogP contribution in [0.4, 0.5) is 0 Å². The summed E-state index contributed by atoms with van der Waals surface area (Å²) in [6, 6.07) is 6.62. The van der Waals surface area contributed by atoms with Gasteiger partial charge in [-0.3, -0.25) is 14.5 Å². The monoisotopic (exact) mass is 662 g/mol. The van der Waals surface area contributed by atoms with Crippen molar-refractivity contribution in [1.82, 2.24) is 15.5 Å². The highest BCUT2D eigenvalue weighted by atomic mass is 35.5. The van der Waals surface area contributed by atoms with Crippen molar-refractivity contribution in [3.8, 4) is 5.75 Å². The van der Waals surface area contributed by atoms with E-state index < -0.39 is 12.1 Å². The second-order valence-corrected chi connectivity index (χ2v) is 11.7. The summed E-state index contributed by atoms with van der Waals surface area (Å²) in [6.45, 7) is 13.9. The number of para-hydroxylation sites is 1. The van der Waals surface area contributed by atoms with Crippen molar-refractivity contribution in [1.29, 1.82) is 0 Å². The minimum Gasteiger partial charge on any atom is -0.489 e. The van der Waals surface area contributed by atoms with Gasteiger partial charge in [0.15, 0.2) is 0 Å². The first-order valence-corrected chi connectivity index (χ1v) is 15.3. The van der Waals surface area contributed by atoms with Crippen molar-refractivity contribution in [3.63, 3.8) is 0 Å². The molecule has 1 aliphatic heterocycles. The molecule has 1 fully saturated rings. The molecule has 1 aliphatic rings. The van der Waals surface area contributed by atoms with Gasteiger partial charge in [-0.15, -0.1) is 24.8 Å². The number of nitrogens with one attached hydrogen (secondary N) is 2. The maximum Gasteiger partial charge on any atom is 0.255 e. The molecule has 5 N–H and O–H groups in total.